The molecule has 1 fully saturated rings. The fourth-order valence-corrected chi connectivity index (χ4v) is 5.22. The zero-order valence-corrected chi connectivity index (χ0v) is 18.9. The van der Waals surface area contributed by atoms with E-state index < -0.39 is 13.4 Å². The predicted octanol–water partition coefficient (Wildman–Crippen LogP) is 6.50. The molecule has 1 aliphatic carbocycles. The molecule has 0 saturated heterocycles. The van der Waals surface area contributed by atoms with Crippen molar-refractivity contribution < 1.29 is 23.5 Å². The Balaban J connectivity index is 1.72. The van der Waals surface area contributed by atoms with Crippen molar-refractivity contribution in [3.8, 4) is 11.5 Å². The molecular weight excluding hydrogens is 402 g/mol. The summed E-state index contributed by atoms with van der Waals surface area (Å²) in [6, 6.07) is 7.99. The standard InChI is InChI=1S/C24H32FO4P/c1-4-5-6-18-7-9-19(10-8-18)20-11-12-23(22(25)15-20)29-24-16(2)13-21(14-17(24)3)30(26,27)28/h11-15,18-19H,4-10H2,1-3H3,(H2,26,27,28)/t18-,19-. The van der Waals surface area contributed by atoms with Crippen LogP contribution in [0.3, 0.4) is 0 Å². The molecular formula is C24H32FO4P. The summed E-state index contributed by atoms with van der Waals surface area (Å²) in [5.41, 5.74) is 2.14. The highest BCUT2D eigenvalue weighted by molar-refractivity contribution is 7.60. The summed E-state index contributed by atoms with van der Waals surface area (Å²) in [5, 5.41) is -0.0600. The third-order valence-corrected chi connectivity index (χ3v) is 7.16. The van der Waals surface area contributed by atoms with Crippen molar-refractivity contribution in [2.24, 2.45) is 5.92 Å². The first-order valence-corrected chi connectivity index (χ1v) is 12.4. The maximum Gasteiger partial charge on any atom is 0.356 e. The van der Waals surface area contributed by atoms with Gasteiger partial charge in [0.1, 0.15) is 5.75 Å². The van der Waals surface area contributed by atoms with Crippen LogP contribution in [0.5, 0.6) is 11.5 Å². The van der Waals surface area contributed by atoms with Crippen LogP contribution in [0.15, 0.2) is 30.3 Å². The van der Waals surface area contributed by atoms with E-state index in [4.69, 9.17) is 4.74 Å². The molecule has 6 heteroatoms. The van der Waals surface area contributed by atoms with Crippen LogP contribution in [-0.4, -0.2) is 9.79 Å². The highest BCUT2D eigenvalue weighted by Gasteiger charge is 2.24. The molecule has 2 aromatic rings. The second kappa shape index (κ2) is 9.64. The van der Waals surface area contributed by atoms with E-state index >= 15 is 0 Å². The summed E-state index contributed by atoms with van der Waals surface area (Å²) in [4.78, 5) is 18.8. The lowest BCUT2D eigenvalue weighted by Crippen LogP contribution is -2.13. The Labute approximate surface area is 178 Å². The van der Waals surface area contributed by atoms with Gasteiger partial charge < -0.3 is 14.5 Å². The summed E-state index contributed by atoms with van der Waals surface area (Å²) >= 11 is 0. The summed E-state index contributed by atoms with van der Waals surface area (Å²) in [5.74, 6) is 1.37. The monoisotopic (exact) mass is 434 g/mol. The first-order chi connectivity index (χ1) is 14.2. The van der Waals surface area contributed by atoms with E-state index in [1.807, 2.05) is 6.07 Å². The predicted molar refractivity (Wildman–Crippen MR) is 118 cm³/mol. The molecule has 164 valence electrons. The van der Waals surface area contributed by atoms with Crippen LogP contribution in [0, 0.1) is 25.6 Å². The molecule has 0 unspecified atom stereocenters. The second-order valence-corrected chi connectivity index (χ2v) is 10.2. The Morgan fingerprint density at radius 2 is 1.70 bits per heavy atom. The number of hydrogen-bond acceptors (Lipinski definition) is 2. The van der Waals surface area contributed by atoms with Crippen molar-refractivity contribution in [1.82, 2.24) is 0 Å². The van der Waals surface area contributed by atoms with E-state index in [2.05, 4.69) is 6.92 Å². The fraction of sp³-hybridized carbons (Fsp3) is 0.500. The van der Waals surface area contributed by atoms with Crippen molar-refractivity contribution in [2.45, 2.75) is 71.6 Å². The Hall–Kier alpha value is -1.68. The van der Waals surface area contributed by atoms with E-state index in [0.717, 1.165) is 24.3 Å². The van der Waals surface area contributed by atoms with Gasteiger partial charge in [-0.25, -0.2) is 4.39 Å². The number of unbranched alkanes of at least 4 members (excludes halogenated alkanes) is 1. The third-order valence-electron chi connectivity index (χ3n) is 6.23. The van der Waals surface area contributed by atoms with E-state index in [1.54, 1.807) is 26.0 Å². The van der Waals surface area contributed by atoms with Crippen LogP contribution >= 0.6 is 7.60 Å². The molecule has 2 aromatic carbocycles. The molecule has 0 heterocycles. The van der Waals surface area contributed by atoms with Crippen LogP contribution < -0.4 is 10.0 Å². The number of ether oxygens (including phenoxy) is 1. The van der Waals surface area contributed by atoms with Crippen LogP contribution in [0.25, 0.3) is 0 Å². The number of halogens is 1. The molecule has 30 heavy (non-hydrogen) atoms. The minimum atomic E-state index is -4.35. The van der Waals surface area contributed by atoms with Gasteiger partial charge in [-0.3, -0.25) is 4.57 Å². The highest BCUT2D eigenvalue weighted by atomic mass is 31.2. The van der Waals surface area contributed by atoms with Crippen molar-refractivity contribution in [1.29, 1.82) is 0 Å². The van der Waals surface area contributed by atoms with Crippen molar-refractivity contribution >= 4 is 12.9 Å². The average molecular weight is 434 g/mol. The molecule has 1 aliphatic rings. The van der Waals surface area contributed by atoms with Gasteiger partial charge in [-0.1, -0.05) is 32.3 Å². The SMILES string of the molecule is CCCC[C@H]1CC[C@H](c2ccc(Oc3c(C)cc(P(=O)(O)O)cc3C)c(F)c2)CC1. The smallest absolute Gasteiger partial charge is 0.356 e. The Bertz CT molecular complexity index is 906. The maximum absolute atomic E-state index is 14.8. The maximum atomic E-state index is 14.8. The quantitative estimate of drug-likeness (QED) is 0.488. The van der Waals surface area contributed by atoms with E-state index in [9.17, 15) is 18.7 Å². The lowest BCUT2D eigenvalue weighted by Gasteiger charge is -2.29. The third kappa shape index (κ3) is 5.51. The van der Waals surface area contributed by atoms with Gasteiger partial charge in [0, 0.05) is 0 Å². The molecule has 2 N–H and O–H groups in total. The number of rotatable bonds is 7. The molecule has 0 aromatic heterocycles. The average Bonchev–Trinajstić information content (AvgIpc) is 2.69. The van der Waals surface area contributed by atoms with E-state index in [1.165, 1.54) is 44.2 Å². The van der Waals surface area contributed by atoms with Gasteiger partial charge in [0.25, 0.3) is 0 Å². The topological polar surface area (TPSA) is 66.8 Å². The summed E-state index contributed by atoms with van der Waals surface area (Å²) in [7, 11) is -4.35. The molecule has 0 radical (unpaired) electrons. The number of hydrogen-bond donors (Lipinski definition) is 2. The lowest BCUT2D eigenvalue weighted by atomic mass is 9.77. The molecule has 0 spiro atoms. The second-order valence-electron chi connectivity index (χ2n) is 8.60. The van der Waals surface area contributed by atoms with Gasteiger partial charge in [-0.2, -0.15) is 0 Å². The first-order valence-electron chi connectivity index (χ1n) is 10.8. The van der Waals surface area contributed by atoms with Crippen LogP contribution in [0.4, 0.5) is 4.39 Å². The normalized spacial score (nSPS) is 19.7. The molecule has 0 aliphatic heterocycles. The van der Waals surface area contributed by atoms with E-state index in [-0.39, 0.29) is 11.1 Å². The molecule has 4 nitrogen and oxygen atoms in total. The van der Waals surface area contributed by atoms with Gasteiger partial charge in [-0.05, 0) is 92.3 Å². The van der Waals surface area contributed by atoms with Crippen LogP contribution in [0.1, 0.15) is 74.5 Å². The molecule has 0 amide bonds. The van der Waals surface area contributed by atoms with E-state index in [0.29, 0.717) is 22.8 Å². The van der Waals surface area contributed by atoms with Crippen LogP contribution in [0.2, 0.25) is 0 Å². The molecule has 0 atom stereocenters. The van der Waals surface area contributed by atoms with Gasteiger partial charge in [-0.15, -0.1) is 0 Å². The van der Waals surface area contributed by atoms with Crippen LogP contribution in [-0.2, 0) is 4.57 Å². The number of aryl methyl sites for hydroxylation is 2. The zero-order chi connectivity index (χ0) is 21.9. The molecule has 1 saturated carbocycles. The zero-order valence-electron chi connectivity index (χ0n) is 18.0. The minimum Gasteiger partial charge on any atom is -0.454 e. The molecule has 0 bridgehead atoms. The minimum absolute atomic E-state index is 0.0600. The van der Waals surface area contributed by atoms with Crippen molar-refractivity contribution in [2.75, 3.05) is 0 Å². The van der Waals surface area contributed by atoms with Gasteiger partial charge >= 0.3 is 7.60 Å². The summed E-state index contributed by atoms with van der Waals surface area (Å²) < 4.78 is 32.1. The first kappa shape index (κ1) is 23.0. The van der Waals surface area contributed by atoms with Crippen molar-refractivity contribution in [3.05, 3.63) is 52.8 Å². The Kier molecular flexibility index (Phi) is 7.38. The molecule has 3 rings (SSSR count). The summed E-state index contributed by atoms with van der Waals surface area (Å²) in [6.07, 6.45) is 8.50. The van der Waals surface area contributed by atoms with Gasteiger partial charge in [0.15, 0.2) is 11.6 Å². The lowest BCUT2D eigenvalue weighted by molar-refractivity contribution is 0.303. The highest BCUT2D eigenvalue weighted by Crippen LogP contribution is 2.40. The Morgan fingerprint density at radius 3 is 2.23 bits per heavy atom. The fourth-order valence-electron chi connectivity index (χ4n) is 4.50. The van der Waals surface area contributed by atoms with Gasteiger partial charge in [0.05, 0.1) is 5.30 Å². The summed E-state index contributed by atoms with van der Waals surface area (Å²) in [6.45, 7) is 5.63. The van der Waals surface area contributed by atoms with Gasteiger partial charge in [0.2, 0.25) is 0 Å². The Morgan fingerprint density at radius 1 is 1.07 bits per heavy atom. The van der Waals surface area contributed by atoms with Crippen molar-refractivity contribution in [3.63, 3.8) is 0 Å². The largest absolute Gasteiger partial charge is 0.454 e. The number of benzene rings is 2.